The van der Waals surface area contributed by atoms with Crippen LogP contribution in [0.4, 0.5) is 14.9 Å². The first-order valence-electron chi connectivity index (χ1n) is 7.78. The normalized spacial score (nSPS) is 26.4. The lowest BCUT2D eigenvalue weighted by Crippen LogP contribution is -2.32. The van der Waals surface area contributed by atoms with Gasteiger partial charge in [0, 0.05) is 12.5 Å². The van der Waals surface area contributed by atoms with Crippen LogP contribution in [0, 0.1) is 5.82 Å². The molecule has 25 heavy (non-hydrogen) atoms. The maximum absolute atomic E-state index is 14.5. The number of nitrogens with zero attached hydrogens (tertiary/aromatic N) is 1. The maximum atomic E-state index is 14.5. The summed E-state index contributed by atoms with van der Waals surface area (Å²) in [5, 5.41) is 2.95. The number of hydrogen-bond donors (Lipinski definition) is 4. The summed E-state index contributed by atoms with van der Waals surface area (Å²) in [5.41, 5.74) is 0.807. The molecule has 1 aromatic carbocycles. The van der Waals surface area contributed by atoms with Gasteiger partial charge in [-0.15, -0.1) is 10.8 Å². The summed E-state index contributed by atoms with van der Waals surface area (Å²) in [5.74, 6) is -0.711. The van der Waals surface area contributed by atoms with Crippen LogP contribution in [0.15, 0.2) is 18.2 Å². The van der Waals surface area contributed by atoms with Crippen molar-refractivity contribution in [2.45, 2.75) is 18.9 Å². The molecule has 2 fully saturated rings. The standard InChI is InChI=1S/C15H20FN3O4S2/c1-9(24)17-6-12-7-19(15(20)23-12)11-2-3-13(14(16)4-11)10-5-18-25(21,22)8-10/h2-4,10,12,18,21-22H,5-8H2,1H3,(H,17,24)/t10?,12-/m0/s1. The lowest BCUT2D eigenvalue weighted by molar-refractivity contribution is 0.143. The highest BCUT2D eigenvalue weighted by molar-refractivity contribution is 8.22. The van der Waals surface area contributed by atoms with Crippen molar-refractivity contribution < 1.29 is 23.0 Å². The molecule has 1 amide bonds. The largest absolute Gasteiger partial charge is 0.442 e. The molecule has 2 heterocycles. The number of hydrogen-bond acceptors (Lipinski definition) is 6. The van der Waals surface area contributed by atoms with Gasteiger partial charge in [0.15, 0.2) is 0 Å². The van der Waals surface area contributed by atoms with Gasteiger partial charge in [-0.2, -0.15) is 0 Å². The number of carbonyl (C=O) groups excluding carboxylic acids is 1. The Kier molecular flexibility index (Phi) is 5.16. The van der Waals surface area contributed by atoms with Crippen molar-refractivity contribution in [1.29, 1.82) is 0 Å². The molecule has 7 nitrogen and oxygen atoms in total. The third kappa shape index (κ3) is 4.21. The minimum atomic E-state index is -2.83. The van der Waals surface area contributed by atoms with Crippen LogP contribution >= 0.6 is 23.0 Å². The van der Waals surface area contributed by atoms with Gasteiger partial charge in [0.05, 0.1) is 29.5 Å². The van der Waals surface area contributed by atoms with Crippen molar-refractivity contribution in [2.24, 2.45) is 0 Å². The molecular weight excluding hydrogens is 369 g/mol. The van der Waals surface area contributed by atoms with Gasteiger partial charge < -0.3 is 10.1 Å². The highest BCUT2D eigenvalue weighted by Gasteiger charge is 2.34. The Bertz CT molecular complexity index is 703. The Balaban J connectivity index is 1.70. The smallest absolute Gasteiger partial charge is 0.414 e. The summed E-state index contributed by atoms with van der Waals surface area (Å²) in [4.78, 5) is 14.0. The zero-order valence-electron chi connectivity index (χ0n) is 13.6. The molecular formula is C15H20FN3O4S2. The molecule has 1 aromatic rings. The minimum Gasteiger partial charge on any atom is -0.442 e. The van der Waals surface area contributed by atoms with E-state index < -0.39 is 22.7 Å². The predicted octanol–water partition coefficient (Wildman–Crippen LogP) is 2.44. The second-order valence-electron chi connectivity index (χ2n) is 6.14. The summed E-state index contributed by atoms with van der Waals surface area (Å²) >= 11 is 4.93. The number of halogens is 1. The van der Waals surface area contributed by atoms with Gasteiger partial charge in [-0.05, 0) is 24.6 Å². The second-order valence-corrected chi connectivity index (χ2v) is 8.71. The van der Waals surface area contributed by atoms with Crippen LogP contribution in [0.5, 0.6) is 0 Å². The zero-order chi connectivity index (χ0) is 18.2. The van der Waals surface area contributed by atoms with Gasteiger partial charge in [0.1, 0.15) is 11.9 Å². The summed E-state index contributed by atoms with van der Waals surface area (Å²) in [6, 6.07) is 4.50. The number of carbonyl (C=O) groups is 1. The quantitative estimate of drug-likeness (QED) is 0.588. The monoisotopic (exact) mass is 389 g/mol. The van der Waals surface area contributed by atoms with Crippen LogP contribution in [-0.2, 0) is 4.74 Å². The lowest BCUT2D eigenvalue weighted by atomic mass is 10.00. The van der Waals surface area contributed by atoms with E-state index in [0.717, 1.165) is 0 Å². The fourth-order valence-corrected chi connectivity index (χ4v) is 4.47. The summed E-state index contributed by atoms with van der Waals surface area (Å²) in [6.45, 7) is 2.75. The third-order valence-corrected chi connectivity index (χ3v) is 5.82. The number of cyclic esters (lactones) is 1. The molecule has 0 aromatic heterocycles. The molecule has 2 atom stereocenters. The molecule has 138 valence electrons. The number of benzene rings is 1. The van der Waals surface area contributed by atoms with Crippen molar-refractivity contribution >= 4 is 39.8 Å². The molecule has 0 radical (unpaired) electrons. The van der Waals surface area contributed by atoms with Crippen molar-refractivity contribution in [2.75, 3.05) is 30.3 Å². The molecule has 2 aliphatic heterocycles. The highest BCUT2D eigenvalue weighted by Crippen LogP contribution is 2.45. The van der Waals surface area contributed by atoms with E-state index in [-0.39, 0.29) is 17.8 Å². The number of ether oxygens (including phenoxy) is 1. The Labute approximate surface area is 152 Å². The number of amides is 1. The van der Waals surface area contributed by atoms with Crippen LogP contribution in [-0.4, -0.2) is 51.7 Å². The third-order valence-electron chi connectivity index (χ3n) is 4.18. The van der Waals surface area contributed by atoms with E-state index in [1.54, 1.807) is 19.1 Å². The highest BCUT2D eigenvalue weighted by atomic mass is 32.3. The maximum Gasteiger partial charge on any atom is 0.414 e. The van der Waals surface area contributed by atoms with Crippen LogP contribution in [0.25, 0.3) is 0 Å². The van der Waals surface area contributed by atoms with E-state index in [1.165, 1.54) is 11.0 Å². The SMILES string of the molecule is CC(=S)NC[C@H]1CN(c2ccc(C3CNS(O)(O)C3)c(F)c2)C(=O)O1. The van der Waals surface area contributed by atoms with Crippen LogP contribution in [0.2, 0.25) is 0 Å². The van der Waals surface area contributed by atoms with Crippen molar-refractivity contribution in [3.8, 4) is 0 Å². The van der Waals surface area contributed by atoms with E-state index in [4.69, 9.17) is 17.0 Å². The Morgan fingerprint density at radius 3 is 2.92 bits per heavy atom. The molecule has 0 saturated carbocycles. The molecule has 2 saturated heterocycles. The Morgan fingerprint density at radius 1 is 1.56 bits per heavy atom. The van der Waals surface area contributed by atoms with Gasteiger partial charge in [0.25, 0.3) is 0 Å². The van der Waals surface area contributed by atoms with E-state index in [2.05, 4.69) is 10.0 Å². The van der Waals surface area contributed by atoms with Crippen LogP contribution in [0.3, 0.4) is 0 Å². The Hall–Kier alpha value is -1.46. The van der Waals surface area contributed by atoms with E-state index in [0.29, 0.717) is 35.9 Å². The molecule has 1 unspecified atom stereocenters. The molecule has 4 N–H and O–H groups in total. The fourth-order valence-electron chi connectivity index (χ4n) is 2.94. The zero-order valence-corrected chi connectivity index (χ0v) is 15.2. The predicted molar refractivity (Wildman–Crippen MR) is 98.7 cm³/mol. The van der Waals surface area contributed by atoms with Gasteiger partial charge in [-0.3, -0.25) is 14.0 Å². The number of rotatable bonds is 4. The first-order chi connectivity index (χ1) is 11.7. The fraction of sp³-hybridized carbons (Fsp3) is 0.467. The average molecular weight is 389 g/mol. The van der Waals surface area contributed by atoms with E-state index in [9.17, 15) is 18.3 Å². The average Bonchev–Trinajstić information content (AvgIpc) is 3.07. The number of anilines is 1. The second kappa shape index (κ2) is 7.04. The van der Waals surface area contributed by atoms with Gasteiger partial charge in [-0.25, -0.2) is 13.9 Å². The molecule has 0 spiro atoms. The number of thiocarbonyl (C=S) groups is 1. The van der Waals surface area contributed by atoms with Crippen molar-refractivity contribution in [1.82, 2.24) is 10.0 Å². The van der Waals surface area contributed by atoms with Crippen LogP contribution in [0.1, 0.15) is 18.4 Å². The first-order valence-corrected chi connectivity index (χ1v) is 9.90. The summed E-state index contributed by atoms with van der Waals surface area (Å²) in [6.07, 6.45) is -0.891. The molecule has 10 heteroatoms. The summed E-state index contributed by atoms with van der Waals surface area (Å²) in [7, 11) is -2.83. The number of nitrogens with one attached hydrogen (secondary N) is 2. The van der Waals surface area contributed by atoms with Crippen molar-refractivity contribution in [3.63, 3.8) is 0 Å². The van der Waals surface area contributed by atoms with Crippen LogP contribution < -0.4 is 14.9 Å². The van der Waals surface area contributed by atoms with E-state index >= 15 is 0 Å². The molecule has 0 bridgehead atoms. The van der Waals surface area contributed by atoms with Crippen molar-refractivity contribution in [3.05, 3.63) is 29.6 Å². The minimum absolute atomic E-state index is 0.0830. The van der Waals surface area contributed by atoms with Gasteiger partial charge in [0.2, 0.25) is 0 Å². The first kappa shape index (κ1) is 18.3. The molecule has 3 rings (SSSR count). The Morgan fingerprint density at radius 2 is 2.32 bits per heavy atom. The summed E-state index contributed by atoms with van der Waals surface area (Å²) < 4.78 is 41.6. The topological polar surface area (TPSA) is 94.1 Å². The lowest BCUT2D eigenvalue weighted by Gasteiger charge is -2.26. The molecule has 0 aliphatic carbocycles. The van der Waals surface area contributed by atoms with E-state index in [1.807, 2.05) is 0 Å². The van der Waals surface area contributed by atoms with Gasteiger partial charge in [-0.1, -0.05) is 18.3 Å². The molecule has 2 aliphatic rings. The van der Waals surface area contributed by atoms with Gasteiger partial charge >= 0.3 is 6.09 Å².